The fourth-order valence-corrected chi connectivity index (χ4v) is 4.07. The molecule has 1 aliphatic carbocycles. The number of nitrogens with zero attached hydrogens (tertiary/aromatic N) is 3. The van der Waals surface area contributed by atoms with Crippen molar-refractivity contribution in [1.29, 1.82) is 0 Å². The molecule has 2 fully saturated rings. The van der Waals surface area contributed by atoms with Crippen LogP contribution in [-0.2, 0) is 6.42 Å². The quantitative estimate of drug-likeness (QED) is 0.881. The van der Waals surface area contributed by atoms with Crippen molar-refractivity contribution in [2.75, 3.05) is 23.7 Å². The molecule has 1 saturated heterocycles. The second-order valence-corrected chi connectivity index (χ2v) is 7.70. The summed E-state index contributed by atoms with van der Waals surface area (Å²) in [5, 5.41) is 0. The predicted molar refractivity (Wildman–Crippen MR) is 101 cm³/mol. The van der Waals surface area contributed by atoms with E-state index >= 15 is 0 Å². The van der Waals surface area contributed by atoms with Gasteiger partial charge in [0.15, 0.2) is 0 Å². The molecule has 2 heterocycles. The minimum absolute atomic E-state index is 0.173. The third-order valence-electron chi connectivity index (χ3n) is 5.72. The lowest BCUT2D eigenvalue weighted by molar-refractivity contribution is 0.345. The highest BCUT2D eigenvalue weighted by Crippen LogP contribution is 2.36. The van der Waals surface area contributed by atoms with E-state index in [4.69, 9.17) is 11.5 Å². The monoisotopic (exact) mass is 355 g/mol. The van der Waals surface area contributed by atoms with E-state index in [-0.39, 0.29) is 5.82 Å². The number of hydrogen-bond donors (Lipinski definition) is 2. The van der Waals surface area contributed by atoms with Crippen LogP contribution in [0.25, 0.3) is 0 Å². The van der Waals surface area contributed by atoms with Gasteiger partial charge < -0.3 is 16.4 Å². The van der Waals surface area contributed by atoms with E-state index in [1.165, 1.54) is 5.56 Å². The molecule has 26 heavy (non-hydrogen) atoms. The first-order chi connectivity index (χ1) is 12.6. The van der Waals surface area contributed by atoms with Crippen LogP contribution in [0.5, 0.6) is 0 Å². The van der Waals surface area contributed by atoms with Crippen molar-refractivity contribution in [3.63, 3.8) is 0 Å². The lowest BCUT2D eigenvalue weighted by Gasteiger charge is -2.35. The standard InChI is InChI=1S/C20H26FN5/c21-16-3-1-13(2-4-16)9-14-5-7-26(8-6-14)19-12-18(24-20(23)25-19)15-10-17(22)11-15/h1-4,12,14-15,17H,5-11,22H2,(H2,23,24,25). The van der Waals surface area contributed by atoms with Gasteiger partial charge in [0.25, 0.3) is 0 Å². The van der Waals surface area contributed by atoms with Crippen molar-refractivity contribution in [2.45, 2.75) is 44.1 Å². The normalized spacial score (nSPS) is 23.7. The lowest BCUT2D eigenvalue weighted by atomic mass is 9.78. The van der Waals surface area contributed by atoms with Crippen LogP contribution >= 0.6 is 0 Å². The Morgan fingerprint density at radius 2 is 1.77 bits per heavy atom. The van der Waals surface area contributed by atoms with Gasteiger partial charge in [-0.15, -0.1) is 0 Å². The molecular weight excluding hydrogens is 329 g/mol. The lowest BCUT2D eigenvalue weighted by Crippen LogP contribution is -2.37. The Morgan fingerprint density at radius 1 is 1.08 bits per heavy atom. The Kier molecular flexibility index (Phi) is 4.76. The van der Waals surface area contributed by atoms with Gasteiger partial charge in [0.2, 0.25) is 5.95 Å². The number of rotatable bonds is 4. The topological polar surface area (TPSA) is 81.1 Å². The fraction of sp³-hybridized carbons (Fsp3) is 0.500. The average molecular weight is 355 g/mol. The number of nitrogens with two attached hydrogens (primary N) is 2. The number of halogens is 1. The minimum atomic E-state index is -0.173. The van der Waals surface area contributed by atoms with E-state index < -0.39 is 0 Å². The van der Waals surface area contributed by atoms with Gasteiger partial charge in [-0.05, 0) is 55.7 Å². The number of aromatic nitrogens is 2. The molecule has 138 valence electrons. The Bertz CT molecular complexity index is 749. The molecule has 4 N–H and O–H groups in total. The maximum Gasteiger partial charge on any atom is 0.222 e. The Hall–Kier alpha value is -2.21. The molecule has 0 amide bonds. The van der Waals surface area contributed by atoms with Gasteiger partial charge in [-0.1, -0.05) is 12.1 Å². The van der Waals surface area contributed by atoms with Crippen LogP contribution in [0.3, 0.4) is 0 Å². The maximum atomic E-state index is 13.0. The van der Waals surface area contributed by atoms with Crippen molar-refractivity contribution in [3.05, 3.63) is 47.4 Å². The van der Waals surface area contributed by atoms with E-state index in [1.807, 2.05) is 12.1 Å². The van der Waals surface area contributed by atoms with Crippen LogP contribution in [0, 0.1) is 11.7 Å². The summed E-state index contributed by atoms with van der Waals surface area (Å²) >= 11 is 0. The summed E-state index contributed by atoms with van der Waals surface area (Å²) in [4.78, 5) is 11.2. The van der Waals surface area contributed by atoms with E-state index in [0.717, 1.165) is 56.7 Å². The fourth-order valence-electron chi connectivity index (χ4n) is 4.07. The third kappa shape index (κ3) is 3.80. The van der Waals surface area contributed by atoms with Crippen molar-refractivity contribution < 1.29 is 4.39 Å². The molecule has 0 atom stereocenters. The van der Waals surface area contributed by atoms with Gasteiger partial charge in [0, 0.05) is 31.1 Å². The van der Waals surface area contributed by atoms with Crippen LogP contribution in [0.2, 0.25) is 0 Å². The number of benzene rings is 1. The molecule has 1 saturated carbocycles. The molecule has 0 unspecified atom stereocenters. The van der Waals surface area contributed by atoms with Crippen LogP contribution in [0.1, 0.15) is 42.9 Å². The van der Waals surface area contributed by atoms with Crippen LogP contribution in [0.4, 0.5) is 16.2 Å². The zero-order chi connectivity index (χ0) is 18.1. The zero-order valence-electron chi connectivity index (χ0n) is 14.9. The molecule has 0 radical (unpaired) electrons. The zero-order valence-corrected chi connectivity index (χ0v) is 14.9. The molecule has 0 spiro atoms. The third-order valence-corrected chi connectivity index (χ3v) is 5.72. The maximum absolute atomic E-state index is 13.0. The molecule has 6 heteroatoms. The summed E-state index contributed by atoms with van der Waals surface area (Å²) in [5.41, 5.74) is 14.1. The first-order valence-corrected chi connectivity index (χ1v) is 9.46. The molecule has 1 aromatic heterocycles. The molecule has 1 aliphatic heterocycles. The van der Waals surface area contributed by atoms with E-state index in [1.54, 1.807) is 12.1 Å². The van der Waals surface area contributed by atoms with Gasteiger partial charge in [0.05, 0.1) is 5.69 Å². The highest BCUT2D eigenvalue weighted by molar-refractivity contribution is 5.45. The second kappa shape index (κ2) is 7.19. The van der Waals surface area contributed by atoms with E-state index in [0.29, 0.717) is 23.8 Å². The molecule has 5 nitrogen and oxygen atoms in total. The first-order valence-electron chi connectivity index (χ1n) is 9.46. The van der Waals surface area contributed by atoms with Crippen molar-refractivity contribution >= 4 is 11.8 Å². The predicted octanol–water partition coefficient (Wildman–Crippen LogP) is 2.86. The SMILES string of the molecule is Nc1nc(C2CC(N)C2)cc(N2CCC(Cc3ccc(F)cc3)CC2)n1. The van der Waals surface area contributed by atoms with Crippen molar-refractivity contribution in [2.24, 2.45) is 11.7 Å². The van der Waals surface area contributed by atoms with Crippen LogP contribution < -0.4 is 16.4 Å². The van der Waals surface area contributed by atoms with Gasteiger partial charge in [-0.3, -0.25) is 0 Å². The van der Waals surface area contributed by atoms with Crippen molar-refractivity contribution in [1.82, 2.24) is 9.97 Å². The molecule has 2 aliphatic rings. The van der Waals surface area contributed by atoms with Crippen LogP contribution in [-0.4, -0.2) is 29.1 Å². The van der Waals surface area contributed by atoms with Crippen molar-refractivity contribution in [3.8, 4) is 0 Å². The van der Waals surface area contributed by atoms with Gasteiger partial charge in [-0.2, -0.15) is 4.98 Å². The summed E-state index contributed by atoms with van der Waals surface area (Å²) < 4.78 is 13.0. The van der Waals surface area contributed by atoms with Gasteiger partial charge in [-0.25, -0.2) is 9.37 Å². The highest BCUT2D eigenvalue weighted by atomic mass is 19.1. The second-order valence-electron chi connectivity index (χ2n) is 7.70. The number of nitrogen functional groups attached to an aromatic ring is 1. The van der Waals surface area contributed by atoms with E-state index in [9.17, 15) is 4.39 Å². The molecule has 1 aromatic carbocycles. The summed E-state index contributed by atoms with van der Waals surface area (Å²) in [5.74, 6) is 2.16. The highest BCUT2D eigenvalue weighted by Gasteiger charge is 2.30. The van der Waals surface area contributed by atoms with E-state index in [2.05, 4.69) is 20.9 Å². The summed E-state index contributed by atoms with van der Waals surface area (Å²) in [6.45, 7) is 1.93. The van der Waals surface area contributed by atoms with Gasteiger partial charge >= 0.3 is 0 Å². The summed E-state index contributed by atoms with van der Waals surface area (Å²) in [7, 11) is 0. The smallest absolute Gasteiger partial charge is 0.222 e. The molecule has 0 bridgehead atoms. The average Bonchev–Trinajstić information content (AvgIpc) is 2.61. The number of piperidine rings is 1. The summed E-state index contributed by atoms with van der Waals surface area (Å²) in [6.07, 6.45) is 5.17. The Balaban J connectivity index is 1.37. The van der Waals surface area contributed by atoms with Gasteiger partial charge in [0.1, 0.15) is 11.6 Å². The molecule has 4 rings (SSSR count). The summed E-state index contributed by atoms with van der Waals surface area (Å²) in [6, 6.07) is 9.25. The largest absolute Gasteiger partial charge is 0.368 e. The first kappa shape index (κ1) is 17.2. The Labute approximate surface area is 153 Å². The minimum Gasteiger partial charge on any atom is -0.368 e. The Morgan fingerprint density at radius 3 is 2.42 bits per heavy atom. The number of anilines is 2. The van der Waals surface area contributed by atoms with Crippen LogP contribution in [0.15, 0.2) is 30.3 Å². The molecular formula is C20H26FN5. The number of hydrogen-bond acceptors (Lipinski definition) is 5. The molecule has 2 aromatic rings.